The SMILES string of the molecule is C=C1/C=C\C=C/CN(C)C=N1. The molecule has 1 aliphatic heterocycles. The van der Waals surface area contributed by atoms with E-state index in [1.54, 1.807) is 6.34 Å². The molecule has 0 unspecified atom stereocenters. The highest BCUT2D eigenvalue weighted by Gasteiger charge is 1.88. The van der Waals surface area contributed by atoms with E-state index >= 15 is 0 Å². The van der Waals surface area contributed by atoms with Crippen LogP contribution in [0.2, 0.25) is 0 Å². The van der Waals surface area contributed by atoms with Gasteiger partial charge in [-0.25, -0.2) is 4.99 Å². The van der Waals surface area contributed by atoms with Crippen molar-refractivity contribution >= 4 is 6.34 Å². The summed E-state index contributed by atoms with van der Waals surface area (Å²) < 4.78 is 0. The average molecular weight is 148 g/mol. The van der Waals surface area contributed by atoms with Crippen molar-refractivity contribution < 1.29 is 0 Å². The minimum Gasteiger partial charge on any atom is -0.362 e. The Kier molecular flexibility index (Phi) is 2.66. The summed E-state index contributed by atoms with van der Waals surface area (Å²) in [5.74, 6) is 0. The van der Waals surface area contributed by atoms with E-state index in [2.05, 4.69) is 17.6 Å². The van der Waals surface area contributed by atoms with Crippen LogP contribution >= 0.6 is 0 Å². The van der Waals surface area contributed by atoms with E-state index in [4.69, 9.17) is 0 Å². The van der Waals surface area contributed by atoms with Gasteiger partial charge in [-0.15, -0.1) is 0 Å². The number of rotatable bonds is 0. The van der Waals surface area contributed by atoms with Gasteiger partial charge in [-0.3, -0.25) is 0 Å². The highest BCUT2D eigenvalue weighted by atomic mass is 15.1. The lowest BCUT2D eigenvalue weighted by molar-refractivity contribution is 0.581. The van der Waals surface area contributed by atoms with E-state index in [9.17, 15) is 0 Å². The van der Waals surface area contributed by atoms with Crippen LogP contribution in [0.1, 0.15) is 0 Å². The van der Waals surface area contributed by atoms with E-state index < -0.39 is 0 Å². The predicted octanol–water partition coefficient (Wildman–Crippen LogP) is 1.59. The van der Waals surface area contributed by atoms with Gasteiger partial charge in [0.1, 0.15) is 0 Å². The maximum Gasteiger partial charge on any atom is 0.0912 e. The molecule has 2 nitrogen and oxygen atoms in total. The first-order valence-electron chi connectivity index (χ1n) is 3.55. The van der Waals surface area contributed by atoms with Crippen molar-refractivity contribution in [1.29, 1.82) is 0 Å². The average Bonchev–Trinajstić information content (AvgIpc) is 2.06. The fourth-order valence-electron chi connectivity index (χ4n) is 0.735. The van der Waals surface area contributed by atoms with Crippen LogP contribution in [0.15, 0.2) is 41.6 Å². The number of hydrogen-bond donors (Lipinski definition) is 0. The number of hydrogen-bond acceptors (Lipinski definition) is 2. The van der Waals surface area contributed by atoms with Crippen LogP contribution in [-0.4, -0.2) is 24.8 Å². The van der Waals surface area contributed by atoms with Crippen molar-refractivity contribution in [3.05, 3.63) is 36.6 Å². The number of likely N-dealkylation sites (N-methyl/N-ethyl adjacent to an activating group) is 1. The molecule has 1 heterocycles. The van der Waals surface area contributed by atoms with Gasteiger partial charge in [-0.1, -0.05) is 24.8 Å². The van der Waals surface area contributed by atoms with Gasteiger partial charge < -0.3 is 4.90 Å². The molecule has 0 aromatic carbocycles. The number of nitrogens with zero attached hydrogens (tertiary/aromatic N) is 2. The van der Waals surface area contributed by atoms with Crippen molar-refractivity contribution in [2.24, 2.45) is 4.99 Å². The van der Waals surface area contributed by atoms with E-state index in [1.165, 1.54) is 0 Å². The number of aliphatic imine (C=N–C) groups is 1. The summed E-state index contributed by atoms with van der Waals surface area (Å²) in [7, 11) is 1.98. The lowest BCUT2D eigenvalue weighted by atomic mass is 10.4. The molecule has 0 aromatic rings. The second kappa shape index (κ2) is 3.76. The Bertz CT molecular complexity index is 224. The van der Waals surface area contributed by atoms with Crippen molar-refractivity contribution in [2.75, 3.05) is 13.6 Å². The Labute approximate surface area is 67.2 Å². The van der Waals surface area contributed by atoms with Crippen LogP contribution in [0.25, 0.3) is 0 Å². The van der Waals surface area contributed by atoms with Crippen LogP contribution in [-0.2, 0) is 0 Å². The zero-order valence-corrected chi connectivity index (χ0v) is 6.70. The first-order valence-corrected chi connectivity index (χ1v) is 3.55. The summed E-state index contributed by atoms with van der Waals surface area (Å²) >= 11 is 0. The molecule has 0 N–H and O–H groups in total. The minimum atomic E-state index is 0.781. The van der Waals surface area contributed by atoms with E-state index in [-0.39, 0.29) is 0 Å². The van der Waals surface area contributed by atoms with Crippen molar-refractivity contribution in [1.82, 2.24) is 4.90 Å². The standard InChI is InChI=1S/C9H12N2/c1-9-6-4-3-5-7-11(2)8-10-9/h3-6,8H,1,7H2,2H3/b5-3-,6-4-,10-8?. The Morgan fingerprint density at radius 3 is 3.18 bits per heavy atom. The Morgan fingerprint density at radius 1 is 1.55 bits per heavy atom. The molecule has 0 fully saturated rings. The molecule has 0 saturated carbocycles. The Hall–Kier alpha value is -1.31. The smallest absolute Gasteiger partial charge is 0.0912 e. The third-order valence-electron chi connectivity index (χ3n) is 1.35. The van der Waals surface area contributed by atoms with Gasteiger partial charge in [0.2, 0.25) is 0 Å². The molecule has 0 aromatic heterocycles. The molecule has 1 rings (SSSR count). The lowest BCUT2D eigenvalue weighted by Crippen LogP contribution is -2.15. The summed E-state index contributed by atoms with van der Waals surface area (Å²) in [6.45, 7) is 4.64. The van der Waals surface area contributed by atoms with Gasteiger partial charge in [-0.05, 0) is 6.08 Å². The Balaban J connectivity index is 2.72. The van der Waals surface area contributed by atoms with Crippen molar-refractivity contribution in [3.8, 4) is 0 Å². The molecule has 0 saturated heterocycles. The summed E-state index contributed by atoms with van der Waals surface area (Å²) in [6.07, 6.45) is 9.67. The van der Waals surface area contributed by atoms with Crippen LogP contribution in [0.4, 0.5) is 0 Å². The first-order chi connectivity index (χ1) is 5.29. The van der Waals surface area contributed by atoms with E-state index in [0.717, 1.165) is 12.2 Å². The molecule has 58 valence electrons. The summed E-state index contributed by atoms with van der Waals surface area (Å²) in [5.41, 5.74) is 0.781. The van der Waals surface area contributed by atoms with E-state index in [0.29, 0.717) is 0 Å². The maximum atomic E-state index is 4.10. The molecule has 0 amide bonds. The summed E-state index contributed by atoms with van der Waals surface area (Å²) in [5, 5.41) is 0. The van der Waals surface area contributed by atoms with Gasteiger partial charge >= 0.3 is 0 Å². The predicted molar refractivity (Wildman–Crippen MR) is 48.5 cm³/mol. The summed E-state index contributed by atoms with van der Waals surface area (Å²) in [4.78, 5) is 6.10. The monoisotopic (exact) mass is 148 g/mol. The molecule has 0 atom stereocenters. The third kappa shape index (κ3) is 2.85. The van der Waals surface area contributed by atoms with Gasteiger partial charge in [0.25, 0.3) is 0 Å². The quantitative estimate of drug-likeness (QED) is 0.509. The van der Waals surface area contributed by atoms with Gasteiger partial charge in [0.05, 0.1) is 12.0 Å². The second-order valence-electron chi connectivity index (χ2n) is 2.46. The van der Waals surface area contributed by atoms with Gasteiger partial charge in [-0.2, -0.15) is 0 Å². The molecule has 11 heavy (non-hydrogen) atoms. The molecule has 0 radical (unpaired) electrons. The van der Waals surface area contributed by atoms with Crippen molar-refractivity contribution in [3.63, 3.8) is 0 Å². The molecular weight excluding hydrogens is 136 g/mol. The Morgan fingerprint density at radius 2 is 2.36 bits per heavy atom. The maximum absolute atomic E-state index is 4.10. The van der Waals surface area contributed by atoms with Crippen LogP contribution in [0.5, 0.6) is 0 Å². The van der Waals surface area contributed by atoms with Crippen LogP contribution in [0.3, 0.4) is 0 Å². The fourth-order valence-corrected chi connectivity index (χ4v) is 0.735. The molecule has 1 aliphatic rings. The molecular formula is C9H12N2. The van der Waals surface area contributed by atoms with Crippen molar-refractivity contribution in [2.45, 2.75) is 0 Å². The number of allylic oxidation sites excluding steroid dienone is 3. The molecule has 0 bridgehead atoms. The zero-order valence-electron chi connectivity index (χ0n) is 6.70. The first kappa shape index (κ1) is 7.79. The lowest BCUT2D eigenvalue weighted by Gasteiger charge is -2.07. The second-order valence-corrected chi connectivity index (χ2v) is 2.46. The highest BCUT2D eigenvalue weighted by molar-refractivity contribution is 5.57. The van der Waals surface area contributed by atoms with Gasteiger partial charge in [0, 0.05) is 13.6 Å². The third-order valence-corrected chi connectivity index (χ3v) is 1.35. The molecule has 0 spiro atoms. The molecule has 2 heteroatoms. The highest BCUT2D eigenvalue weighted by Crippen LogP contribution is 1.96. The fraction of sp³-hybridized carbons (Fsp3) is 0.222. The zero-order chi connectivity index (χ0) is 8.10. The van der Waals surface area contributed by atoms with Gasteiger partial charge in [0.15, 0.2) is 0 Å². The molecule has 0 aliphatic carbocycles. The topological polar surface area (TPSA) is 15.6 Å². The van der Waals surface area contributed by atoms with E-state index in [1.807, 2.05) is 30.2 Å². The minimum absolute atomic E-state index is 0.781. The van der Waals surface area contributed by atoms with Crippen LogP contribution < -0.4 is 0 Å². The summed E-state index contributed by atoms with van der Waals surface area (Å²) in [6, 6.07) is 0. The largest absolute Gasteiger partial charge is 0.362 e. The normalized spacial score (nSPS) is 23.7. The van der Waals surface area contributed by atoms with Crippen LogP contribution in [0, 0.1) is 0 Å².